The topological polar surface area (TPSA) is 89.3 Å². The SMILES string of the molecule is C#CC(C)NS(=O)(=O)c1ccc([N+](=O)[O-])cc1Cl. The Morgan fingerprint density at radius 3 is 2.61 bits per heavy atom. The number of nitro benzene ring substituents is 1. The summed E-state index contributed by atoms with van der Waals surface area (Å²) in [5.74, 6) is 2.20. The van der Waals surface area contributed by atoms with Crippen molar-refractivity contribution in [1.29, 1.82) is 0 Å². The van der Waals surface area contributed by atoms with Crippen LogP contribution < -0.4 is 4.72 Å². The highest BCUT2D eigenvalue weighted by molar-refractivity contribution is 7.89. The Labute approximate surface area is 109 Å². The number of terminal acetylenes is 1. The first-order valence-electron chi connectivity index (χ1n) is 4.70. The number of hydrogen-bond acceptors (Lipinski definition) is 4. The summed E-state index contributed by atoms with van der Waals surface area (Å²) in [7, 11) is -3.89. The molecule has 1 atom stereocenters. The lowest BCUT2D eigenvalue weighted by atomic mass is 10.3. The molecule has 1 aromatic carbocycles. The van der Waals surface area contributed by atoms with Crippen molar-refractivity contribution < 1.29 is 13.3 Å². The van der Waals surface area contributed by atoms with E-state index >= 15 is 0 Å². The number of halogens is 1. The van der Waals surface area contributed by atoms with Gasteiger partial charge in [0.25, 0.3) is 5.69 Å². The Balaban J connectivity index is 3.19. The van der Waals surface area contributed by atoms with Crippen LogP contribution in [-0.2, 0) is 10.0 Å². The van der Waals surface area contributed by atoms with Crippen molar-refractivity contribution in [1.82, 2.24) is 4.72 Å². The van der Waals surface area contributed by atoms with E-state index in [0.29, 0.717) is 0 Å². The molecule has 0 radical (unpaired) electrons. The molecule has 1 unspecified atom stereocenters. The fourth-order valence-corrected chi connectivity index (χ4v) is 2.85. The fourth-order valence-electron chi connectivity index (χ4n) is 1.15. The molecule has 6 nitrogen and oxygen atoms in total. The molecule has 1 N–H and O–H groups in total. The molecule has 0 aliphatic rings. The van der Waals surface area contributed by atoms with Gasteiger partial charge in [-0.3, -0.25) is 10.1 Å². The van der Waals surface area contributed by atoms with Crippen LogP contribution in [0.3, 0.4) is 0 Å². The zero-order valence-electron chi connectivity index (χ0n) is 9.25. The summed E-state index contributed by atoms with van der Waals surface area (Å²) in [6, 6.07) is 2.38. The van der Waals surface area contributed by atoms with Crippen molar-refractivity contribution in [3.8, 4) is 12.3 Å². The second-order valence-electron chi connectivity index (χ2n) is 3.38. The van der Waals surface area contributed by atoms with Crippen LogP contribution in [0.1, 0.15) is 6.92 Å². The summed E-state index contributed by atoms with van der Waals surface area (Å²) in [6.45, 7) is 1.48. The molecule has 0 saturated carbocycles. The molecule has 0 aliphatic heterocycles. The van der Waals surface area contributed by atoms with Crippen LogP contribution in [0.5, 0.6) is 0 Å². The maximum atomic E-state index is 11.8. The van der Waals surface area contributed by atoms with E-state index in [1.165, 1.54) is 6.92 Å². The Morgan fingerprint density at radius 2 is 2.17 bits per heavy atom. The van der Waals surface area contributed by atoms with Gasteiger partial charge in [-0.15, -0.1) is 6.42 Å². The van der Waals surface area contributed by atoms with Gasteiger partial charge in [0.2, 0.25) is 10.0 Å². The molecule has 0 spiro atoms. The van der Waals surface area contributed by atoms with E-state index in [9.17, 15) is 18.5 Å². The third kappa shape index (κ3) is 3.20. The molecule has 0 fully saturated rings. The van der Waals surface area contributed by atoms with Gasteiger partial charge >= 0.3 is 0 Å². The minimum Gasteiger partial charge on any atom is -0.258 e. The van der Waals surface area contributed by atoms with E-state index in [4.69, 9.17) is 18.0 Å². The van der Waals surface area contributed by atoms with Crippen molar-refractivity contribution >= 4 is 27.3 Å². The highest BCUT2D eigenvalue weighted by Gasteiger charge is 2.21. The first-order chi connectivity index (χ1) is 8.27. The van der Waals surface area contributed by atoms with Gasteiger partial charge in [0.15, 0.2) is 0 Å². The van der Waals surface area contributed by atoms with Gasteiger partial charge in [0, 0.05) is 12.1 Å². The van der Waals surface area contributed by atoms with Gasteiger partial charge in [-0.25, -0.2) is 8.42 Å². The van der Waals surface area contributed by atoms with Crippen LogP contribution in [0, 0.1) is 22.5 Å². The Kier molecular flexibility index (Phi) is 4.29. The van der Waals surface area contributed by atoms with Crippen LogP contribution in [0.4, 0.5) is 5.69 Å². The van der Waals surface area contributed by atoms with Gasteiger partial charge in [0.1, 0.15) is 4.90 Å². The molecule has 1 aromatic rings. The van der Waals surface area contributed by atoms with Crippen molar-refractivity contribution in [2.45, 2.75) is 17.9 Å². The molecule has 0 amide bonds. The molecular formula is C10H9ClN2O4S. The standard InChI is InChI=1S/C10H9ClN2O4S/c1-3-7(2)12-18(16,17)10-5-4-8(13(14)15)6-9(10)11/h1,4-7,12H,2H3. The lowest BCUT2D eigenvalue weighted by molar-refractivity contribution is -0.384. The first kappa shape index (κ1) is 14.4. The number of nitrogens with zero attached hydrogens (tertiary/aromatic N) is 1. The van der Waals surface area contributed by atoms with Gasteiger partial charge in [-0.1, -0.05) is 17.5 Å². The molecule has 0 saturated heterocycles. The largest absolute Gasteiger partial charge is 0.271 e. The van der Waals surface area contributed by atoms with Gasteiger partial charge in [-0.2, -0.15) is 4.72 Å². The smallest absolute Gasteiger partial charge is 0.258 e. The number of non-ortho nitro benzene ring substituents is 1. The third-order valence-electron chi connectivity index (χ3n) is 2.00. The van der Waals surface area contributed by atoms with Crippen LogP contribution in [-0.4, -0.2) is 19.4 Å². The molecule has 1 rings (SSSR count). The summed E-state index contributed by atoms with van der Waals surface area (Å²) >= 11 is 5.71. The molecule has 18 heavy (non-hydrogen) atoms. The molecular weight excluding hydrogens is 280 g/mol. The number of benzene rings is 1. The lowest BCUT2D eigenvalue weighted by Gasteiger charge is -2.09. The van der Waals surface area contributed by atoms with E-state index in [1.807, 2.05) is 0 Å². The number of nitro groups is 1. The monoisotopic (exact) mass is 288 g/mol. The molecule has 0 aliphatic carbocycles. The molecule has 96 valence electrons. The predicted molar refractivity (Wildman–Crippen MR) is 66.7 cm³/mol. The minimum absolute atomic E-state index is 0.235. The Hall–Kier alpha value is -1.62. The fraction of sp³-hybridized carbons (Fsp3) is 0.200. The average Bonchev–Trinajstić information content (AvgIpc) is 2.27. The van der Waals surface area contributed by atoms with Crippen LogP contribution in [0.25, 0.3) is 0 Å². The molecule has 8 heteroatoms. The molecule has 0 bridgehead atoms. The minimum atomic E-state index is -3.89. The van der Waals surface area contributed by atoms with Crippen molar-refractivity contribution in [3.05, 3.63) is 33.3 Å². The first-order valence-corrected chi connectivity index (χ1v) is 6.56. The second-order valence-corrected chi connectivity index (χ2v) is 5.47. The number of rotatable bonds is 4. The zero-order chi connectivity index (χ0) is 13.9. The van der Waals surface area contributed by atoms with Gasteiger partial charge in [0.05, 0.1) is 16.0 Å². The zero-order valence-corrected chi connectivity index (χ0v) is 10.8. The Morgan fingerprint density at radius 1 is 1.56 bits per heavy atom. The number of nitrogens with one attached hydrogen (secondary N) is 1. The summed E-state index contributed by atoms with van der Waals surface area (Å²) in [6.07, 6.45) is 5.06. The van der Waals surface area contributed by atoms with E-state index in [1.54, 1.807) is 0 Å². The van der Waals surface area contributed by atoms with Crippen LogP contribution in [0.2, 0.25) is 5.02 Å². The Bertz CT molecular complexity index is 621. The average molecular weight is 289 g/mol. The van der Waals surface area contributed by atoms with E-state index in [-0.39, 0.29) is 15.6 Å². The summed E-state index contributed by atoms with van der Waals surface area (Å²) in [5.41, 5.74) is -0.288. The van der Waals surface area contributed by atoms with Crippen molar-refractivity contribution in [3.63, 3.8) is 0 Å². The lowest BCUT2D eigenvalue weighted by Crippen LogP contribution is -2.31. The quantitative estimate of drug-likeness (QED) is 0.517. The van der Waals surface area contributed by atoms with Crippen LogP contribution in [0.15, 0.2) is 23.1 Å². The normalized spacial score (nSPS) is 12.7. The molecule has 0 aromatic heterocycles. The predicted octanol–water partition coefficient (Wildman–Crippen LogP) is 1.55. The maximum absolute atomic E-state index is 11.8. The number of sulfonamides is 1. The summed E-state index contributed by atoms with van der Waals surface area (Å²) < 4.78 is 25.9. The highest BCUT2D eigenvalue weighted by atomic mass is 35.5. The van der Waals surface area contributed by atoms with E-state index in [2.05, 4.69) is 10.6 Å². The maximum Gasteiger partial charge on any atom is 0.271 e. The third-order valence-corrected chi connectivity index (χ3v) is 4.02. The summed E-state index contributed by atoms with van der Waals surface area (Å²) in [5, 5.41) is 10.3. The van der Waals surface area contributed by atoms with E-state index < -0.39 is 21.0 Å². The summed E-state index contributed by atoms with van der Waals surface area (Å²) in [4.78, 5) is 9.57. The van der Waals surface area contributed by atoms with Crippen molar-refractivity contribution in [2.24, 2.45) is 0 Å². The van der Waals surface area contributed by atoms with Crippen molar-refractivity contribution in [2.75, 3.05) is 0 Å². The van der Waals surface area contributed by atoms with Crippen LogP contribution >= 0.6 is 11.6 Å². The van der Waals surface area contributed by atoms with Gasteiger partial charge < -0.3 is 0 Å². The second kappa shape index (κ2) is 5.35. The number of hydrogen-bond donors (Lipinski definition) is 1. The molecule has 0 heterocycles. The van der Waals surface area contributed by atoms with E-state index in [0.717, 1.165) is 18.2 Å². The highest BCUT2D eigenvalue weighted by Crippen LogP contribution is 2.26. The van der Waals surface area contributed by atoms with Gasteiger partial charge in [-0.05, 0) is 13.0 Å².